The summed E-state index contributed by atoms with van der Waals surface area (Å²) in [5.41, 5.74) is 0.756. The van der Waals surface area contributed by atoms with Crippen LogP contribution < -0.4 is 16.0 Å². The van der Waals surface area contributed by atoms with Crippen molar-refractivity contribution in [2.45, 2.75) is 51.6 Å². The predicted molar refractivity (Wildman–Crippen MR) is 141 cm³/mol. The molecule has 2 unspecified atom stereocenters. The van der Waals surface area contributed by atoms with Crippen molar-refractivity contribution in [2.75, 3.05) is 11.9 Å². The van der Waals surface area contributed by atoms with E-state index < -0.39 is 24.6 Å². The molecule has 3 rings (SSSR count). The first-order valence-electron chi connectivity index (χ1n) is 12.2. The van der Waals surface area contributed by atoms with Gasteiger partial charge in [-0.2, -0.15) is 0 Å². The van der Waals surface area contributed by atoms with Crippen LogP contribution in [0.5, 0.6) is 0 Å². The summed E-state index contributed by atoms with van der Waals surface area (Å²) in [6.45, 7) is 5.27. The molecular formula is C26H33BN4O6. The third-order valence-corrected chi connectivity index (χ3v) is 5.89. The van der Waals surface area contributed by atoms with E-state index in [0.717, 1.165) is 5.56 Å². The second-order valence-corrected chi connectivity index (χ2v) is 9.65. The zero-order valence-corrected chi connectivity index (χ0v) is 21.2. The van der Waals surface area contributed by atoms with Crippen molar-refractivity contribution in [2.24, 2.45) is 11.1 Å². The molecule has 0 spiro atoms. The van der Waals surface area contributed by atoms with Crippen LogP contribution in [-0.2, 0) is 20.8 Å². The summed E-state index contributed by atoms with van der Waals surface area (Å²) in [6, 6.07) is 15.8. The Morgan fingerprint density at radius 2 is 1.84 bits per heavy atom. The second-order valence-electron chi connectivity index (χ2n) is 9.65. The zero-order valence-electron chi connectivity index (χ0n) is 21.2. The number of nitrogens with zero attached hydrogens (tertiary/aromatic N) is 1. The van der Waals surface area contributed by atoms with Gasteiger partial charge in [-0.25, -0.2) is 0 Å². The molecule has 196 valence electrons. The molecule has 0 saturated heterocycles. The maximum absolute atomic E-state index is 13.4. The smallest absolute Gasteiger partial charge is 0.426 e. The number of anilines is 1. The molecule has 0 fully saturated rings. The standard InChI is InChI=1S/C26H33BN4O6/c1-17(2)12-23(27(35)36)30-25(34)26(14-19-8-5-4-6-9-19)15-22(31-37-26)16-28-24(33)20-10-7-11-21(13-20)29-18(3)32/h4-11,13,17,23,35-36H,12,14-16H2,1-3H3,(H,28,33)(H,29,32)(H,30,34). The van der Waals surface area contributed by atoms with Crippen LogP contribution in [-0.4, -0.2) is 58.7 Å². The van der Waals surface area contributed by atoms with Gasteiger partial charge in [0.05, 0.1) is 18.2 Å². The number of nitrogens with one attached hydrogen (secondary N) is 3. The van der Waals surface area contributed by atoms with Crippen molar-refractivity contribution >= 4 is 36.2 Å². The SMILES string of the molecule is CC(=O)Nc1cccc(C(=O)NCC2=NOC(Cc3ccccc3)(C(=O)NC(CC(C)C)B(O)O)C2)c1. The molecule has 0 aromatic heterocycles. The van der Waals surface area contributed by atoms with Gasteiger partial charge in [-0.05, 0) is 36.1 Å². The van der Waals surface area contributed by atoms with Gasteiger partial charge < -0.3 is 30.8 Å². The Bertz CT molecular complexity index is 1140. The van der Waals surface area contributed by atoms with Crippen LogP contribution in [0.2, 0.25) is 0 Å². The fourth-order valence-electron chi connectivity index (χ4n) is 4.15. The first-order chi connectivity index (χ1) is 17.6. The molecule has 0 bridgehead atoms. The van der Waals surface area contributed by atoms with E-state index >= 15 is 0 Å². The topological polar surface area (TPSA) is 149 Å². The van der Waals surface area contributed by atoms with Crippen LogP contribution in [0, 0.1) is 5.92 Å². The fraction of sp³-hybridized carbons (Fsp3) is 0.385. The summed E-state index contributed by atoms with van der Waals surface area (Å²) < 4.78 is 0. The van der Waals surface area contributed by atoms with Gasteiger partial charge in [0.1, 0.15) is 0 Å². The van der Waals surface area contributed by atoms with Gasteiger partial charge in [-0.3, -0.25) is 14.4 Å². The monoisotopic (exact) mass is 508 g/mol. The van der Waals surface area contributed by atoms with E-state index in [-0.39, 0.29) is 37.1 Å². The molecule has 37 heavy (non-hydrogen) atoms. The molecule has 0 saturated carbocycles. The molecule has 10 nitrogen and oxygen atoms in total. The molecule has 2 atom stereocenters. The highest BCUT2D eigenvalue weighted by Crippen LogP contribution is 2.29. The number of hydrogen-bond acceptors (Lipinski definition) is 7. The lowest BCUT2D eigenvalue weighted by molar-refractivity contribution is -0.144. The minimum absolute atomic E-state index is 0.0467. The zero-order chi connectivity index (χ0) is 27.0. The number of amides is 3. The van der Waals surface area contributed by atoms with Gasteiger partial charge in [-0.15, -0.1) is 0 Å². The molecule has 11 heteroatoms. The van der Waals surface area contributed by atoms with Crippen molar-refractivity contribution in [3.05, 3.63) is 65.7 Å². The lowest BCUT2D eigenvalue weighted by atomic mass is 9.74. The Labute approximate surface area is 216 Å². The van der Waals surface area contributed by atoms with Gasteiger partial charge in [0.15, 0.2) is 0 Å². The average Bonchev–Trinajstić information content (AvgIpc) is 3.26. The van der Waals surface area contributed by atoms with Gasteiger partial charge >= 0.3 is 7.12 Å². The first-order valence-corrected chi connectivity index (χ1v) is 12.2. The number of hydrogen-bond donors (Lipinski definition) is 5. The molecule has 2 aromatic carbocycles. The summed E-state index contributed by atoms with van der Waals surface area (Å²) in [7, 11) is -1.73. The van der Waals surface area contributed by atoms with Crippen LogP contribution in [0.1, 0.15) is 49.5 Å². The number of carbonyl (C=O) groups is 3. The van der Waals surface area contributed by atoms with E-state index in [1.54, 1.807) is 24.3 Å². The second kappa shape index (κ2) is 12.5. The largest absolute Gasteiger partial charge is 0.475 e. The molecule has 2 aromatic rings. The number of carbonyl (C=O) groups excluding carboxylic acids is 3. The average molecular weight is 508 g/mol. The van der Waals surface area contributed by atoms with Crippen molar-refractivity contribution in [3.63, 3.8) is 0 Å². The number of rotatable bonds is 11. The minimum atomic E-state index is -1.73. The molecule has 1 aliphatic heterocycles. The maximum Gasteiger partial charge on any atom is 0.475 e. The van der Waals surface area contributed by atoms with Crippen LogP contribution in [0.4, 0.5) is 5.69 Å². The maximum atomic E-state index is 13.4. The fourth-order valence-corrected chi connectivity index (χ4v) is 4.15. The minimum Gasteiger partial charge on any atom is -0.426 e. The highest BCUT2D eigenvalue weighted by atomic mass is 16.7. The Morgan fingerprint density at radius 1 is 1.11 bits per heavy atom. The van der Waals surface area contributed by atoms with Gasteiger partial charge in [-0.1, -0.05) is 55.4 Å². The molecule has 0 aliphatic carbocycles. The van der Waals surface area contributed by atoms with Crippen molar-refractivity contribution in [3.8, 4) is 0 Å². The third-order valence-electron chi connectivity index (χ3n) is 5.89. The molecule has 3 amide bonds. The number of benzene rings is 2. The van der Waals surface area contributed by atoms with Crippen LogP contribution in [0.3, 0.4) is 0 Å². The van der Waals surface area contributed by atoms with Gasteiger partial charge in [0, 0.05) is 31.0 Å². The Kier molecular flexibility index (Phi) is 9.43. The van der Waals surface area contributed by atoms with E-state index in [2.05, 4.69) is 21.1 Å². The molecule has 1 heterocycles. The highest BCUT2D eigenvalue weighted by molar-refractivity contribution is 6.43. The molecule has 1 aliphatic rings. The molecule has 5 N–H and O–H groups in total. The van der Waals surface area contributed by atoms with Gasteiger partial charge in [0.2, 0.25) is 11.5 Å². The molecular weight excluding hydrogens is 475 g/mol. The number of oxime groups is 1. The quantitative estimate of drug-likeness (QED) is 0.292. The summed E-state index contributed by atoms with van der Waals surface area (Å²) in [5.74, 6) is -1.88. The van der Waals surface area contributed by atoms with Crippen LogP contribution in [0.15, 0.2) is 59.8 Å². The lowest BCUT2D eigenvalue weighted by Crippen LogP contribution is -2.56. The van der Waals surface area contributed by atoms with E-state index in [0.29, 0.717) is 23.4 Å². The lowest BCUT2D eigenvalue weighted by Gasteiger charge is -2.29. The Balaban J connectivity index is 1.71. The highest BCUT2D eigenvalue weighted by Gasteiger charge is 2.48. The van der Waals surface area contributed by atoms with Crippen molar-refractivity contribution in [1.29, 1.82) is 0 Å². The third kappa shape index (κ3) is 7.89. The molecule has 0 radical (unpaired) electrons. The predicted octanol–water partition coefficient (Wildman–Crippen LogP) is 1.68. The summed E-state index contributed by atoms with van der Waals surface area (Å²) in [4.78, 5) is 43.2. The van der Waals surface area contributed by atoms with E-state index in [1.807, 2.05) is 44.2 Å². The van der Waals surface area contributed by atoms with E-state index in [9.17, 15) is 24.4 Å². The summed E-state index contributed by atoms with van der Waals surface area (Å²) in [5, 5.41) is 31.8. The Hall–Kier alpha value is -3.70. The van der Waals surface area contributed by atoms with E-state index in [4.69, 9.17) is 4.84 Å². The first kappa shape index (κ1) is 27.9. The van der Waals surface area contributed by atoms with Crippen LogP contribution >= 0.6 is 0 Å². The van der Waals surface area contributed by atoms with Crippen molar-refractivity contribution < 1.29 is 29.3 Å². The van der Waals surface area contributed by atoms with Crippen molar-refractivity contribution in [1.82, 2.24) is 10.6 Å². The van der Waals surface area contributed by atoms with Crippen LogP contribution in [0.25, 0.3) is 0 Å². The van der Waals surface area contributed by atoms with Gasteiger partial charge in [0.25, 0.3) is 11.8 Å². The van der Waals surface area contributed by atoms with E-state index in [1.165, 1.54) is 6.92 Å². The normalized spacial score (nSPS) is 17.4. The Morgan fingerprint density at radius 3 is 2.49 bits per heavy atom. The summed E-state index contributed by atoms with van der Waals surface area (Å²) in [6.07, 6.45) is 0.678. The summed E-state index contributed by atoms with van der Waals surface area (Å²) >= 11 is 0.